The van der Waals surface area contributed by atoms with Crippen molar-refractivity contribution in [1.29, 1.82) is 0 Å². The fourth-order valence-corrected chi connectivity index (χ4v) is 2.41. The van der Waals surface area contributed by atoms with Gasteiger partial charge in [0.2, 0.25) is 0 Å². The molecule has 4 heteroatoms. The van der Waals surface area contributed by atoms with Crippen LogP contribution in [0.5, 0.6) is 11.5 Å². The third-order valence-electron chi connectivity index (χ3n) is 3.47. The number of hydrogen-bond donors (Lipinski definition) is 2. The summed E-state index contributed by atoms with van der Waals surface area (Å²) in [6.07, 6.45) is 2.17. The summed E-state index contributed by atoms with van der Waals surface area (Å²) in [6, 6.07) is 6.82. The van der Waals surface area contributed by atoms with Crippen molar-refractivity contribution >= 4 is 0 Å². The minimum atomic E-state index is 0.598. The van der Waals surface area contributed by atoms with Gasteiger partial charge in [-0.2, -0.15) is 0 Å². The fourth-order valence-electron chi connectivity index (χ4n) is 2.41. The number of rotatable bonds is 3. The molecule has 0 amide bonds. The van der Waals surface area contributed by atoms with E-state index < -0.39 is 0 Å². The van der Waals surface area contributed by atoms with E-state index in [0.29, 0.717) is 6.04 Å². The molecule has 4 nitrogen and oxygen atoms in total. The lowest BCUT2D eigenvalue weighted by Crippen LogP contribution is -2.30. The van der Waals surface area contributed by atoms with Crippen molar-refractivity contribution in [1.82, 2.24) is 10.6 Å². The molecule has 1 unspecified atom stereocenters. The van der Waals surface area contributed by atoms with Gasteiger partial charge in [0.05, 0.1) is 13.2 Å². The molecule has 2 aliphatic heterocycles. The number of benzene rings is 1. The lowest BCUT2D eigenvalue weighted by molar-refractivity contribution is 0.297. The van der Waals surface area contributed by atoms with Gasteiger partial charge in [-0.15, -0.1) is 0 Å². The molecule has 1 aromatic carbocycles. The average molecular weight is 248 g/mol. The molecule has 2 N–H and O–H groups in total. The number of nitrogens with one attached hydrogen (secondary N) is 2. The first-order valence-corrected chi connectivity index (χ1v) is 6.74. The normalized spacial score (nSPS) is 22.8. The van der Waals surface area contributed by atoms with Gasteiger partial charge in [-0.05, 0) is 30.7 Å². The van der Waals surface area contributed by atoms with Crippen LogP contribution < -0.4 is 20.1 Å². The van der Waals surface area contributed by atoms with Crippen LogP contribution in [0.2, 0.25) is 0 Å². The molecule has 1 fully saturated rings. The standard InChI is InChI=1S/C14H20N2O2/c1-6-17-13-3-2-11(8-14(13)18-7-1)9-16-12-4-5-15-10-12/h2-3,8,12,15-16H,1,4-7,9-10H2. The summed E-state index contributed by atoms with van der Waals surface area (Å²) in [7, 11) is 0. The predicted octanol–water partition coefficient (Wildman–Crippen LogP) is 1.30. The summed E-state index contributed by atoms with van der Waals surface area (Å²) in [6.45, 7) is 4.58. The predicted molar refractivity (Wildman–Crippen MR) is 70.2 cm³/mol. The lowest BCUT2D eigenvalue weighted by Gasteiger charge is -2.13. The zero-order chi connectivity index (χ0) is 12.2. The van der Waals surface area contributed by atoms with Gasteiger partial charge in [-0.1, -0.05) is 6.07 Å². The maximum absolute atomic E-state index is 5.70. The maximum atomic E-state index is 5.70. The quantitative estimate of drug-likeness (QED) is 0.846. The van der Waals surface area contributed by atoms with Crippen molar-refractivity contribution < 1.29 is 9.47 Å². The Hall–Kier alpha value is -1.26. The van der Waals surface area contributed by atoms with Crippen molar-refractivity contribution in [3.8, 4) is 11.5 Å². The summed E-state index contributed by atoms with van der Waals surface area (Å²) < 4.78 is 11.3. The number of fused-ring (bicyclic) bond motifs is 1. The first-order chi connectivity index (χ1) is 8.92. The van der Waals surface area contributed by atoms with Gasteiger partial charge in [-0.25, -0.2) is 0 Å². The van der Waals surface area contributed by atoms with Crippen molar-refractivity contribution in [3.63, 3.8) is 0 Å². The first-order valence-electron chi connectivity index (χ1n) is 6.74. The van der Waals surface area contributed by atoms with Crippen molar-refractivity contribution in [2.75, 3.05) is 26.3 Å². The van der Waals surface area contributed by atoms with Crippen LogP contribution in [0.25, 0.3) is 0 Å². The molecule has 3 rings (SSSR count). The zero-order valence-electron chi connectivity index (χ0n) is 10.6. The molecule has 1 saturated heterocycles. The third-order valence-corrected chi connectivity index (χ3v) is 3.47. The smallest absolute Gasteiger partial charge is 0.161 e. The van der Waals surface area contributed by atoms with Crippen LogP contribution >= 0.6 is 0 Å². The summed E-state index contributed by atoms with van der Waals surface area (Å²) in [5, 5.41) is 6.92. The Balaban J connectivity index is 1.63. The fraction of sp³-hybridized carbons (Fsp3) is 0.571. The molecule has 0 spiro atoms. The van der Waals surface area contributed by atoms with Crippen LogP contribution in [-0.4, -0.2) is 32.3 Å². The summed E-state index contributed by atoms with van der Waals surface area (Å²) in [5.41, 5.74) is 1.26. The summed E-state index contributed by atoms with van der Waals surface area (Å²) in [5.74, 6) is 1.76. The molecule has 0 bridgehead atoms. The molecule has 2 heterocycles. The minimum absolute atomic E-state index is 0.598. The molecular weight excluding hydrogens is 228 g/mol. The second-order valence-corrected chi connectivity index (χ2v) is 4.90. The van der Waals surface area contributed by atoms with Crippen LogP contribution in [-0.2, 0) is 6.54 Å². The SMILES string of the molecule is c1cc2c(cc1CNC1CCNC1)OCCCO2. The Bertz CT molecular complexity index is 403. The number of ether oxygens (including phenoxy) is 2. The van der Waals surface area contributed by atoms with Crippen molar-refractivity contribution in [2.24, 2.45) is 0 Å². The molecule has 18 heavy (non-hydrogen) atoms. The summed E-state index contributed by atoms with van der Waals surface area (Å²) >= 11 is 0. The Morgan fingerprint density at radius 2 is 2.11 bits per heavy atom. The minimum Gasteiger partial charge on any atom is -0.490 e. The molecule has 0 radical (unpaired) electrons. The largest absolute Gasteiger partial charge is 0.490 e. The van der Waals surface area contributed by atoms with E-state index in [1.807, 2.05) is 6.07 Å². The van der Waals surface area contributed by atoms with E-state index in [1.165, 1.54) is 12.0 Å². The van der Waals surface area contributed by atoms with E-state index in [2.05, 4.69) is 22.8 Å². The van der Waals surface area contributed by atoms with E-state index in [1.54, 1.807) is 0 Å². The van der Waals surface area contributed by atoms with Crippen LogP contribution in [0.15, 0.2) is 18.2 Å². The van der Waals surface area contributed by atoms with Gasteiger partial charge in [0, 0.05) is 25.6 Å². The van der Waals surface area contributed by atoms with Crippen LogP contribution in [0.4, 0.5) is 0 Å². The topological polar surface area (TPSA) is 42.5 Å². The van der Waals surface area contributed by atoms with E-state index in [4.69, 9.17) is 9.47 Å². The molecule has 1 aromatic rings. The number of hydrogen-bond acceptors (Lipinski definition) is 4. The van der Waals surface area contributed by atoms with Crippen molar-refractivity contribution in [2.45, 2.75) is 25.4 Å². The van der Waals surface area contributed by atoms with Gasteiger partial charge in [0.25, 0.3) is 0 Å². The molecular formula is C14H20N2O2. The van der Waals surface area contributed by atoms with E-state index in [9.17, 15) is 0 Å². The Labute approximate surface area is 108 Å². The summed E-state index contributed by atoms with van der Waals surface area (Å²) in [4.78, 5) is 0. The molecule has 0 saturated carbocycles. The second kappa shape index (κ2) is 5.59. The van der Waals surface area contributed by atoms with Crippen molar-refractivity contribution in [3.05, 3.63) is 23.8 Å². The first kappa shape index (κ1) is 11.8. The highest BCUT2D eigenvalue weighted by atomic mass is 16.5. The molecule has 98 valence electrons. The van der Waals surface area contributed by atoms with Gasteiger partial charge in [0.1, 0.15) is 0 Å². The van der Waals surface area contributed by atoms with E-state index in [-0.39, 0.29) is 0 Å². The van der Waals surface area contributed by atoms with Gasteiger partial charge in [-0.3, -0.25) is 0 Å². The highest BCUT2D eigenvalue weighted by Crippen LogP contribution is 2.30. The zero-order valence-corrected chi connectivity index (χ0v) is 10.6. The van der Waals surface area contributed by atoms with Crippen LogP contribution in [0, 0.1) is 0 Å². The molecule has 2 aliphatic rings. The highest BCUT2D eigenvalue weighted by Gasteiger charge is 2.14. The lowest BCUT2D eigenvalue weighted by atomic mass is 10.2. The molecule has 0 aromatic heterocycles. The monoisotopic (exact) mass is 248 g/mol. The average Bonchev–Trinajstić information content (AvgIpc) is 2.80. The van der Waals surface area contributed by atoms with E-state index in [0.717, 1.165) is 50.8 Å². The molecule has 0 aliphatic carbocycles. The van der Waals surface area contributed by atoms with E-state index >= 15 is 0 Å². The maximum Gasteiger partial charge on any atom is 0.161 e. The van der Waals surface area contributed by atoms with Crippen LogP contribution in [0.3, 0.4) is 0 Å². The Kier molecular flexibility index (Phi) is 3.67. The highest BCUT2D eigenvalue weighted by molar-refractivity contribution is 5.43. The van der Waals surface area contributed by atoms with Gasteiger partial charge in [0.15, 0.2) is 11.5 Å². The van der Waals surface area contributed by atoms with Crippen LogP contribution in [0.1, 0.15) is 18.4 Å². The second-order valence-electron chi connectivity index (χ2n) is 4.90. The van der Waals surface area contributed by atoms with Gasteiger partial charge < -0.3 is 20.1 Å². The Morgan fingerprint density at radius 1 is 1.22 bits per heavy atom. The van der Waals surface area contributed by atoms with Gasteiger partial charge >= 0.3 is 0 Å². The Morgan fingerprint density at radius 3 is 2.94 bits per heavy atom. The molecule has 1 atom stereocenters. The third kappa shape index (κ3) is 2.76.